The van der Waals surface area contributed by atoms with Gasteiger partial charge in [-0.05, 0) is 33.1 Å². The molecular weight excluding hydrogens is 350 g/mol. The number of rotatable bonds is 15. The SMILES string of the molecule is CCC(C)(C)Oc1c(F)cc(OCCCCCCCCCCCO)cc1F. The van der Waals surface area contributed by atoms with Crippen LogP contribution < -0.4 is 9.47 Å². The molecule has 1 aromatic carbocycles. The molecule has 0 heterocycles. The van der Waals surface area contributed by atoms with Crippen molar-refractivity contribution in [3.05, 3.63) is 23.8 Å². The van der Waals surface area contributed by atoms with E-state index in [0.717, 1.165) is 32.1 Å². The summed E-state index contributed by atoms with van der Waals surface area (Å²) in [5, 5.41) is 8.71. The van der Waals surface area contributed by atoms with Crippen molar-refractivity contribution in [2.45, 2.75) is 90.6 Å². The van der Waals surface area contributed by atoms with Gasteiger partial charge in [0, 0.05) is 18.7 Å². The highest BCUT2D eigenvalue weighted by Crippen LogP contribution is 2.30. The summed E-state index contributed by atoms with van der Waals surface area (Å²) in [4.78, 5) is 0. The summed E-state index contributed by atoms with van der Waals surface area (Å²) < 4.78 is 39.2. The highest BCUT2D eigenvalue weighted by Gasteiger charge is 2.22. The summed E-state index contributed by atoms with van der Waals surface area (Å²) in [5.74, 6) is -1.59. The maximum Gasteiger partial charge on any atom is 0.191 e. The molecule has 1 aromatic rings. The van der Waals surface area contributed by atoms with Crippen LogP contribution in [0.3, 0.4) is 0 Å². The Bertz CT molecular complexity index is 509. The lowest BCUT2D eigenvalue weighted by molar-refractivity contribution is 0.0931. The van der Waals surface area contributed by atoms with Gasteiger partial charge in [-0.1, -0.05) is 51.9 Å². The molecule has 5 heteroatoms. The second-order valence-corrected chi connectivity index (χ2v) is 7.69. The smallest absolute Gasteiger partial charge is 0.191 e. The van der Waals surface area contributed by atoms with Crippen LogP contribution in [0.4, 0.5) is 8.78 Å². The zero-order chi connectivity index (χ0) is 20.1. The molecule has 0 aliphatic carbocycles. The molecule has 0 spiro atoms. The third-order valence-electron chi connectivity index (χ3n) is 4.77. The van der Waals surface area contributed by atoms with Crippen molar-refractivity contribution in [1.29, 1.82) is 0 Å². The monoisotopic (exact) mass is 386 g/mol. The van der Waals surface area contributed by atoms with E-state index in [1.165, 1.54) is 37.8 Å². The van der Waals surface area contributed by atoms with Crippen molar-refractivity contribution in [2.75, 3.05) is 13.2 Å². The molecule has 0 bridgehead atoms. The normalized spacial score (nSPS) is 11.6. The average molecular weight is 387 g/mol. The summed E-state index contributed by atoms with van der Waals surface area (Å²) in [6.07, 6.45) is 10.5. The van der Waals surface area contributed by atoms with Crippen LogP contribution in [-0.4, -0.2) is 23.9 Å². The number of benzene rings is 1. The minimum Gasteiger partial charge on any atom is -0.493 e. The van der Waals surface area contributed by atoms with Crippen molar-refractivity contribution >= 4 is 0 Å². The average Bonchev–Trinajstić information content (AvgIpc) is 2.63. The van der Waals surface area contributed by atoms with Crippen molar-refractivity contribution < 1.29 is 23.4 Å². The van der Waals surface area contributed by atoms with Crippen LogP contribution in [0.2, 0.25) is 0 Å². The van der Waals surface area contributed by atoms with E-state index in [1.54, 1.807) is 13.8 Å². The number of aliphatic hydroxyl groups excluding tert-OH is 1. The van der Waals surface area contributed by atoms with Crippen LogP contribution in [0.1, 0.15) is 85.0 Å². The van der Waals surface area contributed by atoms with Crippen LogP contribution in [0, 0.1) is 11.6 Å². The van der Waals surface area contributed by atoms with Crippen LogP contribution in [0.5, 0.6) is 11.5 Å². The summed E-state index contributed by atoms with van der Waals surface area (Å²) in [6, 6.07) is 2.38. The fraction of sp³-hybridized carbons (Fsp3) is 0.727. The summed E-state index contributed by atoms with van der Waals surface area (Å²) in [5.41, 5.74) is -0.622. The molecule has 0 atom stereocenters. The molecule has 27 heavy (non-hydrogen) atoms. The van der Waals surface area contributed by atoms with Gasteiger partial charge in [0.1, 0.15) is 11.4 Å². The Morgan fingerprint density at radius 3 is 1.81 bits per heavy atom. The first-order chi connectivity index (χ1) is 12.9. The molecular formula is C22H36F2O3. The number of ether oxygens (including phenoxy) is 2. The molecule has 0 unspecified atom stereocenters. The Labute approximate surface area is 163 Å². The van der Waals surface area contributed by atoms with Gasteiger partial charge < -0.3 is 14.6 Å². The molecule has 0 saturated carbocycles. The Morgan fingerprint density at radius 1 is 0.852 bits per heavy atom. The highest BCUT2D eigenvalue weighted by molar-refractivity contribution is 5.35. The van der Waals surface area contributed by atoms with Gasteiger partial charge >= 0.3 is 0 Å². The number of halogens is 2. The largest absolute Gasteiger partial charge is 0.493 e. The highest BCUT2D eigenvalue weighted by atomic mass is 19.1. The van der Waals surface area contributed by atoms with Crippen molar-refractivity contribution in [3.63, 3.8) is 0 Å². The maximum absolute atomic E-state index is 14.1. The molecule has 0 amide bonds. The van der Waals surface area contributed by atoms with Gasteiger partial charge in [0.05, 0.1) is 6.61 Å². The van der Waals surface area contributed by atoms with Gasteiger partial charge in [-0.25, -0.2) is 8.78 Å². The fourth-order valence-electron chi connectivity index (χ4n) is 2.71. The summed E-state index contributed by atoms with van der Waals surface area (Å²) in [6.45, 7) is 6.25. The van der Waals surface area contributed by atoms with Gasteiger partial charge in [-0.2, -0.15) is 0 Å². The van der Waals surface area contributed by atoms with Crippen LogP contribution in [-0.2, 0) is 0 Å². The van der Waals surface area contributed by atoms with Gasteiger partial charge in [0.25, 0.3) is 0 Å². The molecule has 1 rings (SSSR count). The fourth-order valence-corrected chi connectivity index (χ4v) is 2.71. The van der Waals surface area contributed by atoms with E-state index in [1.807, 2.05) is 6.92 Å². The predicted molar refractivity (Wildman–Crippen MR) is 105 cm³/mol. The first-order valence-electron chi connectivity index (χ1n) is 10.3. The van der Waals surface area contributed by atoms with E-state index in [2.05, 4.69) is 0 Å². The van der Waals surface area contributed by atoms with Gasteiger partial charge in [-0.3, -0.25) is 0 Å². The van der Waals surface area contributed by atoms with E-state index in [4.69, 9.17) is 14.6 Å². The zero-order valence-electron chi connectivity index (χ0n) is 17.2. The van der Waals surface area contributed by atoms with Gasteiger partial charge in [0.15, 0.2) is 17.4 Å². The standard InChI is InChI=1S/C22H36F2O3/c1-4-22(2,3)27-21-19(23)16-18(17-20(21)24)26-15-13-11-9-7-5-6-8-10-12-14-25/h16-17,25H,4-15H2,1-3H3. The predicted octanol–water partition coefficient (Wildman–Crippen LogP) is 6.41. The van der Waals surface area contributed by atoms with E-state index < -0.39 is 17.2 Å². The lowest BCUT2D eigenvalue weighted by Crippen LogP contribution is -2.27. The summed E-state index contributed by atoms with van der Waals surface area (Å²) in [7, 11) is 0. The first kappa shape index (κ1) is 23.7. The van der Waals surface area contributed by atoms with E-state index in [9.17, 15) is 8.78 Å². The molecule has 0 fully saturated rings. The Balaban J connectivity index is 2.24. The first-order valence-corrected chi connectivity index (χ1v) is 10.3. The third-order valence-corrected chi connectivity index (χ3v) is 4.77. The second kappa shape index (κ2) is 12.9. The topological polar surface area (TPSA) is 38.7 Å². The molecule has 0 aliphatic rings. The van der Waals surface area contributed by atoms with E-state index in [0.29, 0.717) is 19.6 Å². The van der Waals surface area contributed by atoms with Crippen LogP contribution >= 0.6 is 0 Å². The molecule has 0 aromatic heterocycles. The molecule has 0 aliphatic heterocycles. The molecule has 3 nitrogen and oxygen atoms in total. The third kappa shape index (κ3) is 9.94. The molecule has 156 valence electrons. The Morgan fingerprint density at radius 2 is 1.33 bits per heavy atom. The van der Waals surface area contributed by atoms with Crippen molar-refractivity contribution in [1.82, 2.24) is 0 Å². The lowest BCUT2D eigenvalue weighted by Gasteiger charge is -2.25. The Hall–Kier alpha value is -1.36. The Kier molecular flexibility index (Phi) is 11.3. The number of aliphatic hydroxyl groups is 1. The van der Waals surface area contributed by atoms with Crippen LogP contribution in [0.25, 0.3) is 0 Å². The summed E-state index contributed by atoms with van der Waals surface area (Å²) >= 11 is 0. The molecule has 0 saturated heterocycles. The van der Waals surface area contributed by atoms with Crippen molar-refractivity contribution in [2.24, 2.45) is 0 Å². The van der Waals surface area contributed by atoms with Gasteiger partial charge in [-0.15, -0.1) is 0 Å². The lowest BCUT2D eigenvalue weighted by atomic mass is 10.1. The minimum absolute atomic E-state index is 0.204. The number of unbranched alkanes of at least 4 members (excludes halogenated alkanes) is 8. The zero-order valence-corrected chi connectivity index (χ0v) is 17.2. The maximum atomic E-state index is 14.1. The molecule has 1 N–H and O–H groups in total. The van der Waals surface area contributed by atoms with Crippen molar-refractivity contribution in [3.8, 4) is 11.5 Å². The van der Waals surface area contributed by atoms with E-state index in [-0.39, 0.29) is 11.5 Å². The quantitative estimate of drug-likeness (QED) is 0.354. The van der Waals surface area contributed by atoms with Crippen LogP contribution in [0.15, 0.2) is 12.1 Å². The minimum atomic E-state index is -0.729. The molecule has 0 radical (unpaired) electrons. The van der Waals surface area contributed by atoms with E-state index >= 15 is 0 Å². The second-order valence-electron chi connectivity index (χ2n) is 7.69. The number of hydrogen-bond donors (Lipinski definition) is 1. The number of hydrogen-bond acceptors (Lipinski definition) is 3. The van der Waals surface area contributed by atoms with Gasteiger partial charge in [0.2, 0.25) is 0 Å².